The first-order chi connectivity index (χ1) is 6.97. The van der Waals surface area contributed by atoms with Crippen LogP contribution >= 0.6 is 0 Å². The van der Waals surface area contributed by atoms with Crippen molar-refractivity contribution in [2.75, 3.05) is 19.1 Å². The fraction of sp³-hybridized carbons (Fsp3) is 0.364. The molecule has 0 spiro atoms. The molecule has 0 saturated heterocycles. The van der Waals surface area contributed by atoms with Crippen molar-refractivity contribution in [1.82, 2.24) is 0 Å². The van der Waals surface area contributed by atoms with Crippen LogP contribution in [0.2, 0.25) is 0 Å². The van der Waals surface area contributed by atoms with E-state index in [1.807, 2.05) is 26.0 Å². The molecule has 82 valence electrons. The van der Waals surface area contributed by atoms with Gasteiger partial charge in [-0.15, -0.1) is 0 Å². The zero-order chi connectivity index (χ0) is 11.6. The molecule has 0 aliphatic rings. The van der Waals surface area contributed by atoms with Crippen LogP contribution in [0.25, 0.3) is 0 Å². The van der Waals surface area contributed by atoms with Crippen molar-refractivity contribution >= 4 is 11.7 Å². The van der Waals surface area contributed by atoms with Gasteiger partial charge in [-0.05, 0) is 37.1 Å². The number of rotatable bonds is 2. The van der Waals surface area contributed by atoms with Gasteiger partial charge in [-0.2, -0.15) is 0 Å². The second-order valence-corrected chi connectivity index (χ2v) is 3.51. The van der Waals surface area contributed by atoms with E-state index in [-0.39, 0.29) is 0 Å². The number of amides is 2. The highest BCUT2D eigenvalue weighted by Gasteiger charge is 2.10. The van der Waals surface area contributed by atoms with Crippen LogP contribution in [0.4, 0.5) is 10.5 Å². The van der Waals surface area contributed by atoms with Gasteiger partial charge in [-0.1, -0.05) is 0 Å². The van der Waals surface area contributed by atoms with Crippen LogP contribution in [0.3, 0.4) is 0 Å². The average Bonchev–Trinajstić information content (AvgIpc) is 2.15. The number of primary amides is 1. The molecule has 0 radical (unpaired) electrons. The number of benzene rings is 1. The van der Waals surface area contributed by atoms with E-state index >= 15 is 0 Å². The van der Waals surface area contributed by atoms with Gasteiger partial charge in [0.15, 0.2) is 0 Å². The van der Waals surface area contributed by atoms with Crippen molar-refractivity contribution in [2.45, 2.75) is 13.8 Å². The Morgan fingerprint density at radius 2 is 1.80 bits per heavy atom. The number of carbonyl (C=O) groups is 1. The predicted molar refractivity (Wildman–Crippen MR) is 60.5 cm³/mol. The quantitative estimate of drug-likeness (QED) is 0.806. The van der Waals surface area contributed by atoms with E-state index in [1.54, 1.807) is 14.2 Å². The highest BCUT2D eigenvalue weighted by atomic mass is 16.5. The average molecular weight is 208 g/mol. The zero-order valence-electron chi connectivity index (χ0n) is 9.50. The number of nitrogens with two attached hydrogens (primary N) is 1. The largest absolute Gasteiger partial charge is 0.496 e. The number of urea groups is 1. The van der Waals surface area contributed by atoms with Crippen LogP contribution in [-0.2, 0) is 0 Å². The Balaban J connectivity index is 3.19. The van der Waals surface area contributed by atoms with Crippen molar-refractivity contribution in [3.8, 4) is 5.75 Å². The van der Waals surface area contributed by atoms with Crippen molar-refractivity contribution in [1.29, 1.82) is 0 Å². The molecule has 4 nitrogen and oxygen atoms in total. The number of carbonyl (C=O) groups excluding carboxylic acids is 1. The maximum Gasteiger partial charge on any atom is 0.318 e. The number of methoxy groups -OCH3 is 1. The first kappa shape index (κ1) is 11.4. The van der Waals surface area contributed by atoms with E-state index in [0.717, 1.165) is 22.6 Å². The minimum absolute atomic E-state index is 0.473. The smallest absolute Gasteiger partial charge is 0.318 e. The summed E-state index contributed by atoms with van der Waals surface area (Å²) in [6.45, 7) is 3.87. The maximum absolute atomic E-state index is 11.0. The van der Waals surface area contributed by atoms with Crippen LogP contribution in [0.5, 0.6) is 5.75 Å². The Bertz CT molecular complexity index is 365. The first-order valence-electron chi connectivity index (χ1n) is 4.65. The summed E-state index contributed by atoms with van der Waals surface area (Å²) < 4.78 is 5.24. The Labute approximate surface area is 89.6 Å². The van der Waals surface area contributed by atoms with E-state index in [2.05, 4.69) is 0 Å². The number of ether oxygens (including phenoxy) is 1. The van der Waals surface area contributed by atoms with Gasteiger partial charge in [0.05, 0.1) is 7.11 Å². The molecule has 0 fully saturated rings. The lowest BCUT2D eigenvalue weighted by Gasteiger charge is -2.17. The number of hydrogen-bond donors (Lipinski definition) is 1. The van der Waals surface area contributed by atoms with E-state index in [4.69, 9.17) is 10.5 Å². The van der Waals surface area contributed by atoms with Crippen molar-refractivity contribution in [2.24, 2.45) is 5.73 Å². The lowest BCUT2D eigenvalue weighted by molar-refractivity contribution is 0.255. The van der Waals surface area contributed by atoms with Gasteiger partial charge in [0.1, 0.15) is 5.75 Å². The second kappa shape index (κ2) is 4.21. The zero-order valence-corrected chi connectivity index (χ0v) is 9.50. The van der Waals surface area contributed by atoms with Gasteiger partial charge in [0, 0.05) is 12.7 Å². The Morgan fingerprint density at radius 1 is 1.33 bits per heavy atom. The van der Waals surface area contributed by atoms with E-state index < -0.39 is 6.03 Å². The molecule has 0 aromatic heterocycles. The topological polar surface area (TPSA) is 55.6 Å². The third kappa shape index (κ3) is 2.21. The van der Waals surface area contributed by atoms with Gasteiger partial charge in [0.25, 0.3) is 0 Å². The molecule has 2 amide bonds. The maximum atomic E-state index is 11.0. The molecule has 0 aliphatic carbocycles. The van der Waals surface area contributed by atoms with Crippen LogP contribution in [-0.4, -0.2) is 20.2 Å². The Kier molecular flexibility index (Phi) is 3.19. The molecule has 1 aromatic carbocycles. The van der Waals surface area contributed by atoms with Crippen LogP contribution in [0, 0.1) is 13.8 Å². The molecule has 1 rings (SSSR count). The second-order valence-electron chi connectivity index (χ2n) is 3.51. The summed E-state index contributed by atoms with van der Waals surface area (Å²) in [5.74, 6) is 0.844. The Hall–Kier alpha value is -1.71. The van der Waals surface area contributed by atoms with Crippen molar-refractivity contribution < 1.29 is 9.53 Å². The molecule has 15 heavy (non-hydrogen) atoms. The number of nitrogens with zero attached hydrogens (tertiary/aromatic N) is 1. The molecular weight excluding hydrogens is 192 g/mol. The van der Waals surface area contributed by atoms with Gasteiger partial charge < -0.3 is 10.5 Å². The highest BCUT2D eigenvalue weighted by molar-refractivity contribution is 5.90. The predicted octanol–water partition coefficient (Wildman–Crippen LogP) is 1.83. The third-order valence-corrected chi connectivity index (χ3v) is 2.37. The third-order valence-electron chi connectivity index (χ3n) is 2.37. The summed E-state index contributed by atoms with van der Waals surface area (Å²) in [5, 5.41) is 0. The van der Waals surface area contributed by atoms with Crippen LogP contribution in [0.15, 0.2) is 12.1 Å². The monoisotopic (exact) mass is 208 g/mol. The fourth-order valence-electron chi connectivity index (χ4n) is 1.57. The van der Waals surface area contributed by atoms with Gasteiger partial charge >= 0.3 is 6.03 Å². The van der Waals surface area contributed by atoms with Crippen molar-refractivity contribution in [3.05, 3.63) is 23.3 Å². The summed E-state index contributed by atoms with van der Waals surface area (Å²) in [5.41, 5.74) is 7.94. The van der Waals surface area contributed by atoms with Crippen molar-refractivity contribution in [3.63, 3.8) is 0 Å². The fourth-order valence-corrected chi connectivity index (χ4v) is 1.57. The molecule has 0 bridgehead atoms. The van der Waals surface area contributed by atoms with Gasteiger partial charge in [-0.25, -0.2) is 4.79 Å². The van der Waals surface area contributed by atoms with E-state index in [0.29, 0.717) is 0 Å². The normalized spacial score (nSPS) is 9.87. The molecule has 0 saturated carbocycles. The first-order valence-corrected chi connectivity index (χ1v) is 4.65. The number of anilines is 1. The standard InChI is InChI=1S/C11H16N2O2/c1-7-5-9(13(3)11(12)14)6-8(2)10(7)15-4/h5-6H,1-4H3,(H2,12,14). The molecule has 2 N–H and O–H groups in total. The van der Waals surface area contributed by atoms with Crippen LogP contribution in [0.1, 0.15) is 11.1 Å². The summed E-state index contributed by atoms with van der Waals surface area (Å²) >= 11 is 0. The summed E-state index contributed by atoms with van der Waals surface area (Å²) in [6, 6.07) is 3.27. The number of aryl methyl sites for hydroxylation is 2. The summed E-state index contributed by atoms with van der Waals surface area (Å²) in [7, 11) is 3.27. The van der Waals surface area contributed by atoms with Crippen LogP contribution < -0.4 is 15.4 Å². The lowest BCUT2D eigenvalue weighted by Crippen LogP contribution is -2.31. The lowest BCUT2D eigenvalue weighted by atomic mass is 10.1. The Morgan fingerprint density at radius 3 is 2.13 bits per heavy atom. The molecule has 0 aliphatic heterocycles. The van der Waals surface area contributed by atoms with Gasteiger partial charge in [-0.3, -0.25) is 4.90 Å². The molecule has 0 atom stereocenters. The highest BCUT2D eigenvalue weighted by Crippen LogP contribution is 2.28. The minimum Gasteiger partial charge on any atom is -0.496 e. The molecule has 4 heteroatoms. The van der Waals surface area contributed by atoms with E-state index in [9.17, 15) is 4.79 Å². The van der Waals surface area contributed by atoms with Gasteiger partial charge in [0.2, 0.25) is 0 Å². The molecule has 0 heterocycles. The SMILES string of the molecule is COc1c(C)cc(N(C)C(N)=O)cc1C. The van der Waals surface area contributed by atoms with E-state index in [1.165, 1.54) is 4.90 Å². The molecule has 1 aromatic rings. The molecule has 0 unspecified atom stereocenters. The molecular formula is C11H16N2O2. The minimum atomic E-state index is -0.473. The summed E-state index contributed by atoms with van der Waals surface area (Å²) in [4.78, 5) is 12.4. The summed E-state index contributed by atoms with van der Waals surface area (Å²) in [6.07, 6.45) is 0. The number of hydrogen-bond acceptors (Lipinski definition) is 2.